The Hall–Kier alpha value is -1.00. The highest BCUT2D eigenvalue weighted by atomic mass is 32.2. The van der Waals surface area contributed by atoms with Crippen molar-refractivity contribution >= 4 is 17.7 Å². The van der Waals surface area contributed by atoms with E-state index in [0.717, 1.165) is 5.75 Å². The fourth-order valence-electron chi connectivity index (χ4n) is 2.06. The molecule has 1 aromatic rings. The summed E-state index contributed by atoms with van der Waals surface area (Å²) in [5.74, 6) is 1.19. The molecule has 0 saturated carbocycles. The van der Waals surface area contributed by atoms with Gasteiger partial charge >= 0.3 is 0 Å². The molecule has 0 fully saturated rings. The van der Waals surface area contributed by atoms with Crippen molar-refractivity contribution in [2.45, 2.75) is 51.5 Å². The lowest BCUT2D eigenvalue weighted by Gasteiger charge is -2.21. The van der Waals surface area contributed by atoms with Gasteiger partial charge in [-0.3, -0.25) is 4.79 Å². The molecule has 3 nitrogen and oxygen atoms in total. The van der Waals surface area contributed by atoms with Crippen LogP contribution in [0.25, 0.3) is 0 Å². The van der Waals surface area contributed by atoms with E-state index < -0.39 is 0 Å². The Morgan fingerprint density at radius 2 is 2.00 bits per heavy atom. The molecule has 118 valence electrons. The molecule has 0 saturated heterocycles. The van der Waals surface area contributed by atoms with Gasteiger partial charge in [0.25, 0.3) is 0 Å². The Bertz CT molecular complexity index is 460. The zero-order valence-electron chi connectivity index (χ0n) is 13.5. The van der Waals surface area contributed by atoms with E-state index in [2.05, 4.69) is 51.2 Å². The molecular weight excluding hydrogens is 282 g/mol. The van der Waals surface area contributed by atoms with E-state index in [9.17, 15) is 4.79 Å². The average Bonchev–Trinajstić information content (AvgIpc) is 2.42. The minimum absolute atomic E-state index is 0.0640. The van der Waals surface area contributed by atoms with Crippen LogP contribution in [0, 0.1) is 19.8 Å². The van der Waals surface area contributed by atoms with Crippen LogP contribution < -0.4 is 5.32 Å². The van der Waals surface area contributed by atoms with Gasteiger partial charge in [0.2, 0.25) is 5.91 Å². The topological polar surface area (TPSA) is 49.3 Å². The maximum absolute atomic E-state index is 11.9. The number of amides is 1. The standard InChI is InChI=1S/C17H27NO2S/c1-12(2)16(7-9-19)18-17(20)8-10-21-15-6-5-13(3)14(4)11-15/h5-6,11-12,16,19H,7-10H2,1-4H3,(H,18,20). The lowest BCUT2D eigenvalue weighted by Crippen LogP contribution is -2.39. The number of aliphatic hydroxyl groups excluding tert-OH is 1. The molecule has 1 atom stereocenters. The zero-order chi connectivity index (χ0) is 15.8. The summed E-state index contributed by atoms with van der Waals surface area (Å²) in [5.41, 5.74) is 2.58. The summed E-state index contributed by atoms with van der Waals surface area (Å²) in [4.78, 5) is 13.1. The molecule has 0 bridgehead atoms. The molecule has 0 heterocycles. The predicted molar refractivity (Wildman–Crippen MR) is 89.7 cm³/mol. The molecule has 1 unspecified atom stereocenters. The highest BCUT2D eigenvalue weighted by Crippen LogP contribution is 2.21. The van der Waals surface area contributed by atoms with Crippen molar-refractivity contribution < 1.29 is 9.90 Å². The van der Waals surface area contributed by atoms with Gasteiger partial charge in [-0.15, -0.1) is 11.8 Å². The SMILES string of the molecule is Cc1ccc(SCCC(=O)NC(CCO)C(C)C)cc1C. The Morgan fingerprint density at radius 1 is 1.29 bits per heavy atom. The van der Waals surface area contributed by atoms with E-state index in [4.69, 9.17) is 5.11 Å². The lowest BCUT2D eigenvalue weighted by atomic mass is 10.0. The molecule has 0 spiro atoms. The Balaban J connectivity index is 2.37. The fraction of sp³-hybridized carbons (Fsp3) is 0.588. The molecular formula is C17H27NO2S. The third-order valence-electron chi connectivity index (χ3n) is 3.67. The number of benzene rings is 1. The van der Waals surface area contributed by atoms with Crippen molar-refractivity contribution in [3.63, 3.8) is 0 Å². The van der Waals surface area contributed by atoms with Gasteiger partial charge in [0.15, 0.2) is 0 Å². The smallest absolute Gasteiger partial charge is 0.221 e. The van der Waals surface area contributed by atoms with Crippen molar-refractivity contribution in [2.24, 2.45) is 5.92 Å². The molecule has 1 amide bonds. The van der Waals surface area contributed by atoms with Crippen LogP contribution in [-0.4, -0.2) is 29.4 Å². The summed E-state index contributed by atoms with van der Waals surface area (Å²) in [7, 11) is 0. The number of aryl methyl sites for hydroxylation is 2. The largest absolute Gasteiger partial charge is 0.396 e. The normalized spacial score (nSPS) is 12.5. The van der Waals surface area contributed by atoms with Crippen molar-refractivity contribution in [1.82, 2.24) is 5.32 Å². The maximum atomic E-state index is 11.9. The summed E-state index contributed by atoms with van der Waals surface area (Å²) in [6, 6.07) is 6.45. The van der Waals surface area contributed by atoms with E-state index in [1.807, 2.05) is 0 Å². The van der Waals surface area contributed by atoms with Crippen LogP contribution in [-0.2, 0) is 4.79 Å². The second kappa shape index (κ2) is 9.11. The van der Waals surface area contributed by atoms with Crippen LogP contribution in [0.5, 0.6) is 0 Å². The second-order valence-corrected chi connectivity index (χ2v) is 6.94. The summed E-state index contributed by atoms with van der Waals surface area (Å²) in [5, 5.41) is 12.0. The molecule has 0 aliphatic carbocycles. The van der Waals surface area contributed by atoms with Gasteiger partial charge in [0.05, 0.1) is 0 Å². The van der Waals surface area contributed by atoms with Gasteiger partial charge in [-0.25, -0.2) is 0 Å². The number of hydrogen-bond donors (Lipinski definition) is 2. The third kappa shape index (κ3) is 6.53. The van der Waals surface area contributed by atoms with E-state index in [1.54, 1.807) is 11.8 Å². The van der Waals surface area contributed by atoms with Crippen LogP contribution >= 0.6 is 11.8 Å². The molecule has 1 aromatic carbocycles. The van der Waals surface area contributed by atoms with Crippen molar-refractivity contribution in [1.29, 1.82) is 0 Å². The fourth-order valence-corrected chi connectivity index (χ4v) is 3.00. The highest BCUT2D eigenvalue weighted by Gasteiger charge is 2.15. The molecule has 0 radical (unpaired) electrons. The lowest BCUT2D eigenvalue weighted by molar-refractivity contribution is -0.121. The highest BCUT2D eigenvalue weighted by molar-refractivity contribution is 7.99. The first-order chi connectivity index (χ1) is 9.93. The predicted octanol–water partition coefficient (Wildman–Crippen LogP) is 3.31. The first-order valence-electron chi connectivity index (χ1n) is 7.54. The van der Waals surface area contributed by atoms with Crippen LogP contribution in [0.15, 0.2) is 23.1 Å². The molecule has 1 rings (SSSR count). The summed E-state index contributed by atoms with van der Waals surface area (Å²) in [6.07, 6.45) is 1.12. The molecule has 0 aliphatic rings. The summed E-state index contributed by atoms with van der Waals surface area (Å²) >= 11 is 1.71. The third-order valence-corrected chi connectivity index (χ3v) is 4.66. The molecule has 21 heavy (non-hydrogen) atoms. The van der Waals surface area contributed by atoms with Crippen molar-refractivity contribution in [3.05, 3.63) is 29.3 Å². The van der Waals surface area contributed by atoms with E-state index in [0.29, 0.717) is 18.8 Å². The number of carbonyl (C=O) groups excluding carboxylic acids is 1. The molecule has 4 heteroatoms. The minimum Gasteiger partial charge on any atom is -0.396 e. The van der Waals surface area contributed by atoms with Crippen LogP contribution in [0.2, 0.25) is 0 Å². The van der Waals surface area contributed by atoms with E-state index in [-0.39, 0.29) is 18.6 Å². The summed E-state index contributed by atoms with van der Waals surface area (Å²) in [6.45, 7) is 8.44. The van der Waals surface area contributed by atoms with Crippen LogP contribution in [0.3, 0.4) is 0 Å². The van der Waals surface area contributed by atoms with Gasteiger partial charge in [-0.2, -0.15) is 0 Å². The van der Waals surface area contributed by atoms with Crippen molar-refractivity contribution in [2.75, 3.05) is 12.4 Å². The van der Waals surface area contributed by atoms with Crippen molar-refractivity contribution in [3.8, 4) is 0 Å². The monoisotopic (exact) mass is 309 g/mol. The van der Waals surface area contributed by atoms with E-state index in [1.165, 1.54) is 16.0 Å². The maximum Gasteiger partial charge on any atom is 0.221 e. The van der Waals surface area contributed by atoms with E-state index >= 15 is 0 Å². The number of thioether (sulfide) groups is 1. The van der Waals surface area contributed by atoms with Gasteiger partial charge < -0.3 is 10.4 Å². The minimum atomic E-state index is 0.0640. The Labute approximate surface area is 132 Å². The van der Waals surface area contributed by atoms with Gasteiger partial charge in [0, 0.05) is 29.7 Å². The Kier molecular flexibility index (Phi) is 7.83. The number of nitrogens with one attached hydrogen (secondary N) is 1. The van der Waals surface area contributed by atoms with Gasteiger partial charge in [0.1, 0.15) is 0 Å². The van der Waals surface area contributed by atoms with Gasteiger partial charge in [-0.05, 0) is 49.4 Å². The van der Waals surface area contributed by atoms with Crippen LogP contribution in [0.1, 0.15) is 37.8 Å². The molecule has 0 aromatic heterocycles. The van der Waals surface area contributed by atoms with Gasteiger partial charge in [-0.1, -0.05) is 19.9 Å². The zero-order valence-corrected chi connectivity index (χ0v) is 14.3. The second-order valence-electron chi connectivity index (χ2n) is 5.77. The van der Waals surface area contributed by atoms with Crippen LogP contribution in [0.4, 0.5) is 0 Å². The molecule has 0 aliphatic heterocycles. The molecule has 2 N–H and O–H groups in total. The first kappa shape index (κ1) is 18.1. The number of carbonyl (C=O) groups is 1. The number of rotatable bonds is 8. The first-order valence-corrected chi connectivity index (χ1v) is 8.53. The summed E-state index contributed by atoms with van der Waals surface area (Å²) < 4.78 is 0. The number of aliphatic hydroxyl groups is 1. The number of hydrogen-bond acceptors (Lipinski definition) is 3. The Morgan fingerprint density at radius 3 is 2.57 bits per heavy atom. The average molecular weight is 309 g/mol. The quantitative estimate of drug-likeness (QED) is 0.724.